The second-order valence-electron chi connectivity index (χ2n) is 5.47. The van der Waals surface area contributed by atoms with Crippen molar-refractivity contribution in [2.24, 2.45) is 0 Å². The Balaban J connectivity index is 1.67. The zero-order valence-electron chi connectivity index (χ0n) is 13.7. The number of rotatable bonds is 8. The standard InChI is InChI=1S/C19H22N2O2S/c1-2-23-19-8-7-16(11-15(19)14-22)20-12-17-5-3-9-21(17)13-18-6-4-10-24-18/h3-11,20,22H,2,12-14H2,1H3. The number of hydrogen-bond donors (Lipinski definition) is 2. The fourth-order valence-electron chi connectivity index (χ4n) is 2.64. The Morgan fingerprint density at radius 2 is 2.12 bits per heavy atom. The van der Waals surface area contributed by atoms with Crippen molar-refractivity contribution in [2.75, 3.05) is 11.9 Å². The van der Waals surface area contributed by atoms with Crippen LogP contribution in [0.4, 0.5) is 5.69 Å². The van der Waals surface area contributed by atoms with Gasteiger partial charge in [-0.15, -0.1) is 11.3 Å². The van der Waals surface area contributed by atoms with E-state index in [1.54, 1.807) is 11.3 Å². The highest BCUT2D eigenvalue weighted by molar-refractivity contribution is 7.09. The van der Waals surface area contributed by atoms with Crippen molar-refractivity contribution in [3.63, 3.8) is 0 Å². The van der Waals surface area contributed by atoms with Crippen molar-refractivity contribution < 1.29 is 9.84 Å². The van der Waals surface area contributed by atoms with Crippen molar-refractivity contribution in [1.29, 1.82) is 0 Å². The van der Waals surface area contributed by atoms with Crippen LogP contribution < -0.4 is 10.1 Å². The van der Waals surface area contributed by atoms with Gasteiger partial charge in [0.15, 0.2) is 0 Å². The Morgan fingerprint density at radius 1 is 1.21 bits per heavy atom. The third kappa shape index (κ3) is 3.99. The second-order valence-corrected chi connectivity index (χ2v) is 6.51. The fourth-order valence-corrected chi connectivity index (χ4v) is 3.34. The first kappa shape index (κ1) is 16.6. The molecule has 126 valence electrons. The van der Waals surface area contributed by atoms with Gasteiger partial charge in [-0.1, -0.05) is 6.07 Å². The van der Waals surface area contributed by atoms with Crippen LogP contribution in [0.5, 0.6) is 5.75 Å². The summed E-state index contributed by atoms with van der Waals surface area (Å²) in [5.41, 5.74) is 3.00. The summed E-state index contributed by atoms with van der Waals surface area (Å²) in [5.74, 6) is 0.742. The van der Waals surface area contributed by atoms with Crippen LogP contribution in [0.1, 0.15) is 23.1 Å². The van der Waals surface area contributed by atoms with Crippen LogP contribution >= 0.6 is 11.3 Å². The highest BCUT2D eigenvalue weighted by atomic mass is 32.1. The monoisotopic (exact) mass is 342 g/mol. The summed E-state index contributed by atoms with van der Waals surface area (Å²) in [6.45, 7) is 4.13. The van der Waals surface area contributed by atoms with Crippen molar-refractivity contribution in [2.45, 2.75) is 26.6 Å². The molecule has 0 radical (unpaired) electrons. The normalized spacial score (nSPS) is 10.8. The summed E-state index contributed by atoms with van der Waals surface area (Å²) in [7, 11) is 0. The van der Waals surface area contributed by atoms with Gasteiger partial charge in [-0.05, 0) is 48.7 Å². The quantitative estimate of drug-likeness (QED) is 0.648. The number of aromatic nitrogens is 1. The molecule has 0 atom stereocenters. The van der Waals surface area contributed by atoms with Crippen molar-refractivity contribution in [1.82, 2.24) is 4.57 Å². The molecule has 0 saturated heterocycles. The molecular formula is C19H22N2O2S. The Hall–Kier alpha value is -2.24. The van der Waals surface area contributed by atoms with Crippen molar-refractivity contribution >= 4 is 17.0 Å². The molecule has 2 heterocycles. The Morgan fingerprint density at radius 3 is 2.88 bits per heavy atom. The number of benzene rings is 1. The number of anilines is 1. The van der Waals surface area contributed by atoms with Crippen LogP contribution in [0, 0.1) is 0 Å². The second kappa shape index (κ2) is 8.04. The lowest BCUT2D eigenvalue weighted by Crippen LogP contribution is -2.08. The van der Waals surface area contributed by atoms with E-state index >= 15 is 0 Å². The van der Waals surface area contributed by atoms with Gasteiger partial charge in [0.2, 0.25) is 0 Å². The molecule has 0 fully saturated rings. The van der Waals surface area contributed by atoms with Gasteiger partial charge in [0.05, 0.1) is 26.3 Å². The number of thiophene rings is 1. The summed E-state index contributed by atoms with van der Waals surface area (Å²) in [4.78, 5) is 1.34. The first-order valence-electron chi connectivity index (χ1n) is 8.07. The van der Waals surface area contributed by atoms with Crippen LogP contribution in [-0.4, -0.2) is 16.3 Å². The van der Waals surface area contributed by atoms with E-state index in [1.807, 2.05) is 25.1 Å². The third-order valence-electron chi connectivity index (χ3n) is 3.83. The number of aliphatic hydroxyl groups excluding tert-OH is 1. The molecule has 0 unspecified atom stereocenters. The van der Waals surface area contributed by atoms with E-state index < -0.39 is 0 Å². The van der Waals surface area contributed by atoms with E-state index in [0.717, 1.165) is 30.1 Å². The topological polar surface area (TPSA) is 46.4 Å². The molecule has 3 aromatic rings. The highest BCUT2D eigenvalue weighted by Gasteiger charge is 2.06. The van der Waals surface area contributed by atoms with Gasteiger partial charge in [0.25, 0.3) is 0 Å². The summed E-state index contributed by atoms with van der Waals surface area (Å²) >= 11 is 1.77. The maximum absolute atomic E-state index is 9.50. The lowest BCUT2D eigenvalue weighted by atomic mass is 10.2. The maximum atomic E-state index is 9.50. The Bertz CT molecular complexity index is 766. The number of hydrogen-bond acceptors (Lipinski definition) is 4. The van der Waals surface area contributed by atoms with Crippen LogP contribution in [0.2, 0.25) is 0 Å². The van der Waals surface area contributed by atoms with Gasteiger partial charge in [0.1, 0.15) is 5.75 Å². The fraction of sp³-hybridized carbons (Fsp3) is 0.263. The van der Waals surface area contributed by atoms with Gasteiger partial charge >= 0.3 is 0 Å². The molecule has 0 aliphatic rings. The van der Waals surface area contributed by atoms with Crippen LogP contribution in [0.25, 0.3) is 0 Å². The highest BCUT2D eigenvalue weighted by Crippen LogP contribution is 2.23. The molecule has 0 amide bonds. The predicted molar refractivity (Wildman–Crippen MR) is 98.7 cm³/mol. The minimum Gasteiger partial charge on any atom is -0.494 e. The van der Waals surface area contributed by atoms with E-state index in [1.165, 1.54) is 10.6 Å². The van der Waals surface area contributed by atoms with Gasteiger partial charge in [-0.2, -0.15) is 0 Å². The molecule has 0 saturated carbocycles. The minimum absolute atomic E-state index is 0.0282. The lowest BCUT2D eigenvalue weighted by molar-refractivity contribution is 0.267. The number of nitrogens with one attached hydrogen (secondary N) is 1. The SMILES string of the molecule is CCOc1ccc(NCc2cccn2Cc2cccs2)cc1CO. The summed E-state index contributed by atoms with van der Waals surface area (Å²) < 4.78 is 7.77. The average molecular weight is 342 g/mol. The number of ether oxygens (including phenoxy) is 1. The summed E-state index contributed by atoms with van der Waals surface area (Å²) in [6.07, 6.45) is 2.11. The van der Waals surface area contributed by atoms with Crippen molar-refractivity contribution in [3.8, 4) is 5.75 Å². The van der Waals surface area contributed by atoms with E-state index in [0.29, 0.717) is 6.61 Å². The molecule has 0 aliphatic heterocycles. The smallest absolute Gasteiger partial charge is 0.124 e. The molecule has 2 N–H and O–H groups in total. The van der Waals surface area contributed by atoms with Crippen molar-refractivity contribution in [3.05, 3.63) is 70.2 Å². The Labute approximate surface area is 146 Å². The molecule has 0 aliphatic carbocycles. The first-order valence-corrected chi connectivity index (χ1v) is 8.95. The maximum Gasteiger partial charge on any atom is 0.124 e. The lowest BCUT2D eigenvalue weighted by Gasteiger charge is -2.13. The van der Waals surface area contributed by atoms with Gasteiger partial charge in [0, 0.05) is 28.0 Å². The zero-order valence-corrected chi connectivity index (χ0v) is 14.6. The van der Waals surface area contributed by atoms with Crippen LogP contribution in [0.3, 0.4) is 0 Å². The summed E-state index contributed by atoms with van der Waals surface area (Å²) in [6, 6.07) is 14.3. The van der Waals surface area contributed by atoms with E-state index in [4.69, 9.17) is 4.74 Å². The average Bonchev–Trinajstić information content (AvgIpc) is 3.26. The van der Waals surface area contributed by atoms with Gasteiger partial charge < -0.3 is 19.7 Å². The molecule has 24 heavy (non-hydrogen) atoms. The largest absolute Gasteiger partial charge is 0.494 e. The third-order valence-corrected chi connectivity index (χ3v) is 4.70. The van der Waals surface area contributed by atoms with E-state index in [9.17, 15) is 5.11 Å². The van der Waals surface area contributed by atoms with Gasteiger partial charge in [-0.3, -0.25) is 0 Å². The van der Waals surface area contributed by atoms with E-state index in [-0.39, 0.29) is 6.61 Å². The molecule has 4 nitrogen and oxygen atoms in total. The molecule has 1 aromatic carbocycles. The minimum atomic E-state index is -0.0282. The number of nitrogens with zero attached hydrogens (tertiary/aromatic N) is 1. The molecule has 5 heteroatoms. The predicted octanol–water partition coefficient (Wildman–Crippen LogP) is 4.10. The molecular weight excluding hydrogens is 320 g/mol. The Kier molecular flexibility index (Phi) is 5.56. The molecule has 0 spiro atoms. The molecule has 3 rings (SSSR count). The van der Waals surface area contributed by atoms with E-state index in [2.05, 4.69) is 45.7 Å². The molecule has 0 bridgehead atoms. The molecule has 2 aromatic heterocycles. The first-order chi connectivity index (χ1) is 11.8. The zero-order chi connectivity index (χ0) is 16.8. The van der Waals surface area contributed by atoms with Crippen LogP contribution in [0.15, 0.2) is 54.0 Å². The number of aliphatic hydroxyl groups is 1. The van der Waals surface area contributed by atoms with Gasteiger partial charge in [-0.25, -0.2) is 0 Å². The van der Waals surface area contributed by atoms with Crippen LogP contribution in [-0.2, 0) is 19.7 Å². The summed E-state index contributed by atoms with van der Waals surface area (Å²) in [5, 5.41) is 15.0.